The monoisotopic (exact) mass is 944 g/mol. The van der Waals surface area contributed by atoms with Gasteiger partial charge in [0.15, 0.2) is 0 Å². The first-order chi connectivity index (χ1) is 33.8. The molecule has 11 heteroatoms. The summed E-state index contributed by atoms with van der Waals surface area (Å²) in [5.74, 6) is 3.84. The maximum absolute atomic E-state index is 9.29. The highest BCUT2D eigenvalue weighted by atomic mass is 31.2. The molecule has 0 aliphatic rings. The van der Waals surface area contributed by atoms with Crippen LogP contribution >= 0.6 is 8.53 Å². The lowest BCUT2D eigenvalue weighted by Crippen LogP contribution is -2.33. The molecule has 0 N–H and O–H groups in total. The van der Waals surface area contributed by atoms with E-state index in [1.807, 2.05) is 176 Å². The molecule has 0 aliphatic carbocycles. The minimum Gasteiger partial charge on any atom is -0.489 e. The normalized spacial score (nSPS) is 11.6. The third kappa shape index (κ3) is 16.7. The summed E-state index contributed by atoms with van der Waals surface area (Å²) in [4.78, 5) is 0. The molecule has 0 amide bonds. The Bertz CT molecular complexity index is 2360. The van der Waals surface area contributed by atoms with E-state index >= 15 is 0 Å². The first kappa shape index (κ1) is 50.0. The lowest BCUT2D eigenvalue weighted by molar-refractivity contribution is 0.171. The first-order valence-electron chi connectivity index (χ1n) is 23.3. The van der Waals surface area contributed by atoms with Gasteiger partial charge in [0.05, 0.1) is 25.7 Å². The topological polar surface area (TPSA) is 101 Å². The van der Waals surface area contributed by atoms with Gasteiger partial charge in [0.1, 0.15) is 74.1 Å². The van der Waals surface area contributed by atoms with Gasteiger partial charge in [0.25, 0.3) is 8.53 Å². The zero-order valence-corrected chi connectivity index (χ0v) is 40.8. The van der Waals surface area contributed by atoms with E-state index in [1.54, 1.807) is 0 Å². The zero-order chi connectivity index (χ0) is 48.0. The lowest BCUT2D eigenvalue weighted by Gasteiger charge is -2.35. The maximum Gasteiger partial charge on any atom is 0.259 e. The molecule has 7 aromatic carbocycles. The SMILES string of the molecule is CC(C)N(C(C)C)P(OCCC#N)OCc1cc(OCc2cc(OCc3ccccc3)cc(OCc3ccccc3)c2)cc(OCc2cc(OCc3ccccc3)cc(OCc3ccccc3)c2)c1. The van der Waals surface area contributed by atoms with Gasteiger partial charge in [-0.25, -0.2) is 4.67 Å². The van der Waals surface area contributed by atoms with Crippen molar-refractivity contribution < 1.29 is 37.5 Å². The minimum atomic E-state index is -1.50. The Kier molecular flexibility index (Phi) is 19.3. The van der Waals surface area contributed by atoms with E-state index in [1.165, 1.54) is 0 Å². The van der Waals surface area contributed by atoms with Gasteiger partial charge in [-0.1, -0.05) is 121 Å². The Morgan fingerprint density at radius 1 is 0.377 bits per heavy atom. The maximum atomic E-state index is 9.29. The van der Waals surface area contributed by atoms with Crippen LogP contribution in [0.3, 0.4) is 0 Å². The summed E-state index contributed by atoms with van der Waals surface area (Å²) >= 11 is 0. The van der Waals surface area contributed by atoms with Crippen LogP contribution in [0.4, 0.5) is 0 Å². The highest BCUT2D eigenvalue weighted by Gasteiger charge is 2.27. The molecule has 7 rings (SSSR count). The van der Waals surface area contributed by atoms with E-state index in [9.17, 15) is 5.26 Å². The van der Waals surface area contributed by atoms with Crippen LogP contribution in [-0.2, 0) is 55.3 Å². The van der Waals surface area contributed by atoms with Crippen LogP contribution in [0.1, 0.15) is 73.1 Å². The molecule has 356 valence electrons. The predicted octanol–water partition coefficient (Wildman–Crippen LogP) is 14.0. The Morgan fingerprint density at radius 2 is 0.652 bits per heavy atom. The predicted molar refractivity (Wildman–Crippen MR) is 271 cm³/mol. The quantitative estimate of drug-likeness (QED) is 0.0366. The molecule has 0 spiro atoms. The largest absolute Gasteiger partial charge is 0.489 e. The van der Waals surface area contributed by atoms with Crippen molar-refractivity contribution in [1.29, 1.82) is 5.26 Å². The molecule has 0 saturated heterocycles. The van der Waals surface area contributed by atoms with Gasteiger partial charge in [0.2, 0.25) is 0 Å². The number of hydrogen-bond donors (Lipinski definition) is 0. The molecule has 7 aromatic rings. The standard InChI is InChI=1S/C58H61N2O8P/c1-44(2)60(45(3)4)69(67-27-17-26-59)68-43-52-32-57(65-41-50-28-53(61-37-46-18-9-5-10-19-46)34-54(29-50)62-38-47-20-11-6-12-21-47)36-58(33-52)66-42-51-30-55(63-39-48-22-13-7-14-23-48)35-56(31-51)64-40-49-24-15-8-16-25-49/h5-16,18-25,28-36,44-45H,17,27,37-43H2,1-4H3. The molecule has 0 saturated carbocycles. The van der Waals surface area contributed by atoms with E-state index in [-0.39, 0.29) is 44.9 Å². The second-order valence-corrected chi connectivity index (χ2v) is 18.4. The van der Waals surface area contributed by atoms with Crippen molar-refractivity contribution in [3.8, 4) is 40.6 Å². The number of hydrogen-bond acceptors (Lipinski definition) is 10. The average Bonchev–Trinajstić information content (AvgIpc) is 3.37. The van der Waals surface area contributed by atoms with Gasteiger partial charge < -0.3 is 37.5 Å². The third-order valence-electron chi connectivity index (χ3n) is 10.6. The van der Waals surface area contributed by atoms with Crippen LogP contribution in [0, 0.1) is 11.3 Å². The second kappa shape index (κ2) is 26.6. The Morgan fingerprint density at radius 3 is 0.928 bits per heavy atom. The second-order valence-electron chi connectivity index (χ2n) is 16.9. The van der Waals surface area contributed by atoms with Gasteiger partial charge in [-0.05, 0) is 103 Å². The Hall–Kier alpha value is -6.86. The summed E-state index contributed by atoms with van der Waals surface area (Å²) in [6, 6.07) is 60.3. The third-order valence-corrected chi connectivity index (χ3v) is 12.7. The molecule has 0 radical (unpaired) electrons. The molecule has 0 aromatic heterocycles. The fourth-order valence-corrected chi connectivity index (χ4v) is 8.98. The molecule has 1 unspecified atom stereocenters. The molecular formula is C58H61N2O8P. The van der Waals surface area contributed by atoms with Gasteiger partial charge in [-0.15, -0.1) is 0 Å². The summed E-state index contributed by atoms with van der Waals surface area (Å²) in [6.07, 6.45) is 0.266. The lowest BCUT2D eigenvalue weighted by atomic mass is 10.2. The fourth-order valence-electron chi connectivity index (χ4n) is 7.38. The first-order valence-corrected chi connectivity index (χ1v) is 24.4. The van der Waals surface area contributed by atoms with E-state index in [0.29, 0.717) is 60.9 Å². The van der Waals surface area contributed by atoms with Crippen LogP contribution in [-0.4, -0.2) is 23.4 Å². The summed E-state index contributed by atoms with van der Waals surface area (Å²) in [5, 5.41) is 9.29. The van der Waals surface area contributed by atoms with Crippen LogP contribution in [0.2, 0.25) is 0 Å². The van der Waals surface area contributed by atoms with Crippen LogP contribution in [0.25, 0.3) is 0 Å². The molecule has 0 bridgehead atoms. The number of rotatable bonds is 27. The minimum absolute atomic E-state index is 0.148. The van der Waals surface area contributed by atoms with Crippen molar-refractivity contribution in [2.75, 3.05) is 6.61 Å². The van der Waals surface area contributed by atoms with Crippen molar-refractivity contribution in [3.05, 3.63) is 215 Å². The smallest absolute Gasteiger partial charge is 0.259 e. The molecule has 10 nitrogen and oxygen atoms in total. The molecule has 69 heavy (non-hydrogen) atoms. The van der Waals surface area contributed by atoms with Crippen molar-refractivity contribution in [2.45, 2.75) is 92.4 Å². The van der Waals surface area contributed by atoms with Gasteiger partial charge in [-0.2, -0.15) is 5.26 Å². The molecule has 1 atom stereocenters. The van der Waals surface area contributed by atoms with Gasteiger partial charge in [0, 0.05) is 30.3 Å². The van der Waals surface area contributed by atoms with E-state index in [2.05, 4.69) is 38.4 Å². The van der Waals surface area contributed by atoms with Crippen LogP contribution in [0.5, 0.6) is 34.5 Å². The van der Waals surface area contributed by atoms with Crippen molar-refractivity contribution in [2.24, 2.45) is 0 Å². The molecular weight excluding hydrogens is 884 g/mol. The summed E-state index contributed by atoms with van der Waals surface area (Å²) in [5.41, 5.74) is 6.79. The van der Waals surface area contributed by atoms with E-state index in [4.69, 9.17) is 37.5 Å². The fraction of sp³-hybridized carbons (Fsp3) is 0.259. The van der Waals surface area contributed by atoms with Crippen molar-refractivity contribution >= 4 is 8.53 Å². The van der Waals surface area contributed by atoms with Crippen molar-refractivity contribution in [1.82, 2.24) is 4.67 Å². The van der Waals surface area contributed by atoms with E-state index in [0.717, 1.165) is 38.9 Å². The van der Waals surface area contributed by atoms with E-state index < -0.39 is 8.53 Å². The number of nitriles is 1. The zero-order valence-electron chi connectivity index (χ0n) is 39.9. The summed E-state index contributed by atoms with van der Waals surface area (Å²) < 4.78 is 53.4. The summed E-state index contributed by atoms with van der Waals surface area (Å²) in [7, 11) is -1.50. The average molecular weight is 945 g/mol. The highest BCUT2D eigenvalue weighted by Crippen LogP contribution is 2.47. The van der Waals surface area contributed by atoms with Crippen LogP contribution in [0.15, 0.2) is 176 Å². The van der Waals surface area contributed by atoms with Gasteiger partial charge in [-0.3, -0.25) is 0 Å². The Balaban J connectivity index is 1.14. The number of benzene rings is 7. The number of ether oxygens (including phenoxy) is 6. The van der Waals surface area contributed by atoms with Crippen molar-refractivity contribution in [3.63, 3.8) is 0 Å². The summed E-state index contributed by atoms with van der Waals surface area (Å²) in [6.45, 7) is 11.0. The van der Waals surface area contributed by atoms with Gasteiger partial charge >= 0.3 is 0 Å². The molecule has 0 aliphatic heterocycles. The highest BCUT2D eigenvalue weighted by molar-refractivity contribution is 7.44. The van der Waals surface area contributed by atoms with Crippen LogP contribution < -0.4 is 28.4 Å². The molecule has 0 fully saturated rings. The number of nitrogens with zero attached hydrogens (tertiary/aromatic N) is 2. The molecule has 0 heterocycles. The Labute approximate surface area is 408 Å².